The third-order valence-electron chi connectivity index (χ3n) is 4.38. The SMILES string of the molecule is CCC(CC)n1nc(C(=O)NCC(O)c2cccc(OC)c2)cc1C. The van der Waals surface area contributed by atoms with Crippen LogP contribution in [0.5, 0.6) is 5.75 Å². The number of ether oxygens (including phenoxy) is 1. The molecule has 0 aliphatic rings. The summed E-state index contributed by atoms with van der Waals surface area (Å²) >= 11 is 0. The quantitative estimate of drug-likeness (QED) is 0.771. The predicted octanol–water partition coefficient (Wildman–Crippen LogP) is 3.02. The molecule has 0 fully saturated rings. The van der Waals surface area contributed by atoms with E-state index in [-0.39, 0.29) is 12.5 Å². The highest BCUT2D eigenvalue weighted by molar-refractivity contribution is 5.92. The Labute approximate surface area is 148 Å². The number of aliphatic hydroxyl groups is 1. The zero-order chi connectivity index (χ0) is 18.4. The van der Waals surface area contributed by atoms with Gasteiger partial charge in [0.2, 0.25) is 0 Å². The number of hydrogen-bond acceptors (Lipinski definition) is 4. The number of amides is 1. The topological polar surface area (TPSA) is 76.4 Å². The van der Waals surface area contributed by atoms with Crippen LogP contribution in [0, 0.1) is 6.92 Å². The van der Waals surface area contributed by atoms with Crippen LogP contribution in [0.25, 0.3) is 0 Å². The van der Waals surface area contributed by atoms with E-state index in [0.29, 0.717) is 23.0 Å². The number of carbonyl (C=O) groups excluding carboxylic acids is 1. The Balaban J connectivity index is 2.01. The zero-order valence-electron chi connectivity index (χ0n) is 15.3. The number of carbonyl (C=O) groups is 1. The van der Waals surface area contributed by atoms with Crippen LogP contribution >= 0.6 is 0 Å². The van der Waals surface area contributed by atoms with Crippen LogP contribution in [0.1, 0.15) is 60.6 Å². The highest BCUT2D eigenvalue weighted by Gasteiger charge is 2.17. The van der Waals surface area contributed by atoms with Gasteiger partial charge in [0.25, 0.3) is 5.91 Å². The molecule has 2 N–H and O–H groups in total. The molecule has 136 valence electrons. The van der Waals surface area contributed by atoms with Crippen molar-refractivity contribution in [2.75, 3.05) is 13.7 Å². The summed E-state index contributed by atoms with van der Waals surface area (Å²) in [5, 5.41) is 17.4. The minimum atomic E-state index is -0.804. The van der Waals surface area contributed by atoms with Gasteiger partial charge in [-0.05, 0) is 43.5 Å². The number of aryl methyl sites for hydroxylation is 1. The summed E-state index contributed by atoms with van der Waals surface area (Å²) in [5.74, 6) is 0.386. The molecule has 6 heteroatoms. The Morgan fingerprint density at radius 1 is 1.32 bits per heavy atom. The van der Waals surface area contributed by atoms with Gasteiger partial charge in [-0.1, -0.05) is 26.0 Å². The van der Waals surface area contributed by atoms with Crippen molar-refractivity contribution < 1.29 is 14.6 Å². The van der Waals surface area contributed by atoms with Crippen molar-refractivity contribution >= 4 is 5.91 Å². The van der Waals surface area contributed by atoms with Crippen molar-refractivity contribution in [3.8, 4) is 5.75 Å². The van der Waals surface area contributed by atoms with E-state index in [1.165, 1.54) is 0 Å². The van der Waals surface area contributed by atoms with E-state index in [4.69, 9.17) is 4.74 Å². The second kappa shape index (κ2) is 8.67. The Morgan fingerprint density at radius 2 is 2.04 bits per heavy atom. The number of nitrogens with zero attached hydrogens (tertiary/aromatic N) is 2. The normalized spacial score (nSPS) is 12.2. The second-order valence-electron chi connectivity index (χ2n) is 6.09. The lowest BCUT2D eigenvalue weighted by Gasteiger charge is -2.15. The standard InChI is InChI=1S/C19H27N3O3/c1-5-15(6-2)22-13(3)10-17(21-22)19(24)20-12-18(23)14-8-7-9-16(11-14)25-4/h7-11,15,18,23H,5-6,12H2,1-4H3,(H,20,24). The van der Waals surface area contributed by atoms with Gasteiger partial charge in [-0.3, -0.25) is 9.48 Å². The summed E-state index contributed by atoms with van der Waals surface area (Å²) in [6.07, 6.45) is 1.13. The van der Waals surface area contributed by atoms with Crippen LogP contribution < -0.4 is 10.1 Å². The van der Waals surface area contributed by atoms with Crippen molar-refractivity contribution in [2.45, 2.75) is 45.8 Å². The summed E-state index contributed by atoms with van der Waals surface area (Å²) in [5.41, 5.74) is 2.04. The number of benzene rings is 1. The molecule has 0 aliphatic heterocycles. The first-order valence-electron chi connectivity index (χ1n) is 8.66. The summed E-state index contributed by atoms with van der Waals surface area (Å²) < 4.78 is 7.06. The Morgan fingerprint density at radius 3 is 2.68 bits per heavy atom. The number of aliphatic hydroxyl groups excluding tert-OH is 1. The van der Waals surface area contributed by atoms with E-state index in [1.807, 2.05) is 17.7 Å². The third-order valence-corrected chi connectivity index (χ3v) is 4.38. The van der Waals surface area contributed by atoms with Crippen LogP contribution in [0.2, 0.25) is 0 Å². The summed E-state index contributed by atoms with van der Waals surface area (Å²) in [4.78, 5) is 12.3. The van der Waals surface area contributed by atoms with Crippen LogP contribution in [0.15, 0.2) is 30.3 Å². The smallest absolute Gasteiger partial charge is 0.271 e. The van der Waals surface area contributed by atoms with Crippen LogP contribution in [0.4, 0.5) is 0 Å². The molecule has 6 nitrogen and oxygen atoms in total. The van der Waals surface area contributed by atoms with E-state index in [1.54, 1.807) is 31.4 Å². The zero-order valence-corrected chi connectivity index (χ0v) is 15.3. The molecule has 0 aliphatic carbocycles. The fourth-order valence-corrected chi connectivity index (χ4v) is 2.85. The minimum absolute atomic E-state index is 0.114. The van der Waals surface area contributed by atoms with Crippen molar-refractivity contribution in [1.29, 1.82) is 0 Å². The van der Waals surface area contributed by atoms with Gasteiger partial charge < -0.3 is 15.2 Å². The third kappa shape index (κ3) is 4.60. The van der Waals surface area contributed by atoms with Crippen molar-refractivity contribution in [2.24, 2.45) is 0 Å². The molecule has 0 spiro atoms. The van der Waals surface area contributed by atoms with Crippen molar-refractivity contribution in [3.63, 3.8) is 0 Å². The lowest BCUT2D eigenvalue weighted by molar-refractivity contribution is 0.0910. The van der Waals surface area contributed by atoms with Crippen LogP contribution in [0.3, 0.4) is 0 Å². The van der Waals surface area contributed by atoms with Gasteiger partial charge in [0.1, 0.15) is 11.4 Å². The molecule has 1 amide bonds. The molecule has 2 rings (SSSR count). The van der Waals surface area contributed by atoms with Gasteiger partial charge >= 0.3 is 0 Å². The molecule has 0 bridgehead atoms. The van der Waals surface area contributed by atoms with Gasteiger partial charge in [-0.15, -0.1) is 0 Å². The molecule has 0 saturated heterocycles. The monoisotopic (exact) mass is 345 g/mol. The number of aromatic nitrogens is 2. The maximum absolute atomic E-state index is 12.3. The maximum Gasteiger partial charge on any atom is 0.271 e. The number of hydrogen-bond donors (Lipinski definition) is 2. The van der Waals surface area contributed by atoms with Crippen molar-refractivity contribution in [1.82, 2.24) is 15.1 Å². The maximum atomic E-state index is 12.3. The Bertz CT molecular complexity index is 708. The second-order valence-corrected chi connectivity index (χ2v) is 6.09. The molecule has 25 heavy (non-hydrogen) atoms. The van der Waals surface area contributed by atoms with E-state index >= 15 is 0 Å². The fraction of sp³-hybridized carbons (Fsp3) is 0.474. The molecule has 1 unspecified atom stereocenters. The van der Waals surface area contributed by atoms with Gasteiger partial charge in [0.05, 0.1) is 19.3 Å². The summed E-state index contributed by atoms with van der Waals surface area (Å²) in [7, 11) is 1.58. The van der Waals surface area contributed by atoms with E-state index in [9.17, 15) is 9.90 Å². The van der Waals surface area contributed by atoms with Gasteiger partial charge in [0, 0.05) is 12.2 Å². The lowest BCUT2D eigenvalue weighted by Crippen LogP contribution is -2.29. The van der Waals surface area contributed by atoms with E-state index in [2.05, 4.69) is 24.3 Å². The average Bonchev–Trinajstić information content (AvgIpc) is 3.02. The molecular weight excluding hydrogens is 318 g/mol. The van der Waals surface area contributed by atoms with Gasteiger partial charge in [0.15, 0.2) is 0 Å². The molecular formula is C19H27N3O3. The number of rotatable bonds is 8. The summed E-state index contributed by atoms with van der Waals surface area (Å²) in [6.45, 7) is 6.29. The fourth-order valence-electron chi connectivity index (χ4n) is 2.85. The molecule has 2 aromatic rings. The number of nitrogens with one attached hydrogen (secondary N) is 1. The van der Waals surface area contributed by atoms with Crippen LogP contribution in [-0.2, 0) is 0 Å². The lowest BCUT2D eigenvalue weighted by atomic mass is 10.1. The number of methoxy groups -OCH3 is 1. The highest BCUT2D eigenvalue weighted by atomic mass is 16.5. The first-order chi connectivity index (χ1) is 12.0. The van der Waals surface area contributed by atoms with Gasteiger partial charge in [-0.25, -0.2) is 0 Å². The van der Waals surface area contributed by atoms with Crippen LogP contribution in [-0.4, -0.2) is 34.4 Å². The van der Waals surface area contributed by atoms with Gasteiger partial charge in [-0.2, -0.15) is 5.10 Å². The molecule has 1 atom stereocenters. The average molecular weight is 345 g/mol. The predicted molar refractivity (Wildman–Crippen MR) is 96.9 cm³/mol. The molecule has 0 saturated carbocycles. The summed E-state index contributed by atoms with van der Waals surface area (Å²) in [6, 6.07) is 9.24. The van der Waals surface area contributed by atoms with E-state index in [0.717, 1.165) is 18.5 Å². The molecule has 0 radical (unpaired) electrons. The first kappa shape index (κ1) is 19.0. The highest BCUT2D eigenvalue weighted by Crippen LogP contribution is 2.19. The first-order valence-corrected chi connectivity index (χ1v) is 8.66. The molecule has 1 aromatic heterocycles. The largest absolute Gasteiger partial charge is 0.497 e. The Hall–Kier alpha value is -2.34. The molecule has 1 aromatic carbocycles. The Kier molecular flexibility index (Phi) is 6.58. The van der Waals surface area contributed by atoms with Crippen molar-refractivity contribution in [3.05, 3.63) is 47.3 Å². The molecule has 1 heterocycles. The minimum Gasteiger partial charge on any atom is -0.497 e. The van der Waals surface area contributed by atoms with E-state index < -0.39 is 6.10 Å².